The van der Waals surface area contributed by atoms with Crippen molar-refractivity contribution in [1.82, 2.24) is 0 Å². The van der Waals surface area contributed by atoms with Gasteiger partial charge in [-0.05, 0) is 19.4 Å². The molecule has 23 heavy (non-hydrogen) atoms. The van der Waals surface area contributed by atoms with Gasteiger partial charge in [-0.25, -0.2) is 4.79 Å². The van der Waals surface area contributed by atoms with Gasteiger partial charge < -0.3 is 9.47 Å². The summed E-state index contributed by atoms with van der Waals surface area (Å²) in [7, 11) is 0. The van der Waals surface area contributed by atoms with E-state index in [9.17, 15) is 14.4 Å². The molecule has 0 spiro atoms. The van der Waals surface area contributed by atoms with Gasteiger partial charge in [0.2, 0.25) is 6.29 Å². The lowest BCUT2D eigenvalue weighted by molar-refractivity contribution is -0.181. The van der Waals surface area contributed by atoms with Crippen molar-refractivity contribution < 1.29 is 23.9 Å². The summed E-state index contributed by atoms with van der Waals surface area (Å²) in [5, 5.41) is 0. The van der Waals surface area contributed by atoms with E-state index in [0.717, 1.165) is 0 Å². The Morgan fingerprint density at radius 1 is 1.13 bits per heavy atom. The summed E-state index contributed by atoms with van der Waals surface area (Å²) >= 11 is 0. The monoisotopic (exact) mass is 318 g/mol. The van der Waals surface area contributed by atoms with E-state index in [0.29, 0.717) is 0 Å². The van der Waals surface area contributed by atoms with Gasteiger partial charge >= 0.3 is 11.9 Å². The second-order valence-corrected chi connectivity index (χ2v) is 4.74. The number of rotatable bonds is 6. The standard InChI is InChI=1S/C10H14O5.C8H8/c1-6(2)10(13)15-8(4)14-9(12)5-7(3)11;1-2-8-6-4-3-5-7-8/h8H,1,5H2,2-4H3;2-7H,1H2. The zero-order chi connectivity index (χ0) is 17.8. The number of hydrogen-bond donors (Lipinski definition) is 0. The van der Waals surface area contributed by atoms with Crippen LogP contribution in [-0.4, -0.2) is 24.0 Å². The minimum atomic E-state index is -1.01. The predicted molar refractivity (Wildman–Crippen MR) is 88.3 cm³/mol. The summed E-state index contributed by atoms with van der Waals surface area (Å²) in [6.07, 6.45) is 0.496. The molecule has 1 rings (SSSR count). The van der Waals surface area contributed by atoms with Crippen LogP contribution >= 0.6 is 0 Å². The maximum Gasteiger partial charge on any atom is 0.336 e. The maximum absolute atomic E-state index is 11.0. The summed E-state index contributed by atoms with van der Waals surface area (Å²) in [5.74, 6) is -1.67. The van der Waals surface area contributed by atoms with Gasteiger partial charge in [0.1, 0.15) is 12.2 Å². The fourth-order valence-corrected chi connectivity index (χ4v) is 1.29. The molecule has 1 aromatic carbocycles. The molecule has 124 valence electrons. The Kier molecular flexibility index (Phi) is 9.67. The van der Waals surface area contributed by atoms with E-state index in [-0.39, 0.29) is 17.8 Å². The summed E-state index contributed by atoms with van der Waals surface area (Å²) < 4.78 is 9.31. The Morgan fingerprint density at radius 3 is 2.09 bits per heavy atom. The summed E-state index contributed by atoms with van der Waals surface area (Å²) in [4.78, 5) is 32.5. The van der Waals surface area contributed by atoms with E-state index in [1.165, 1.54) is 26.3 Å². The molecular formula is C18H22O5. The fourth-order valence-electron chi connectivity index (χ4n) is 1.29. The minimum Gasteiger partial charge on any atom is -0.425 e. The number of benzene rings is 1. The van der Waals surface area contributed by atoms with E-state index in [4.69, 9.17) is 0 Å². The van der Waals surface area contributed by atoms with E-state index >= 15 is 0 Å². The van der Waals surface area contributed by atoms with Crippen LogP contribution in [0.1, 0.15) is 32.8 Å². The first-order valence-corrected chi connectivity index (χ1v) is 6.99. The predicted octanol–water partition coefficient (Wildman–Crippen LogP) is 3.30. The van der Waals surface area contributed by atoms with E-state index in [1.807, 2.05) is 36.4 Å². The normalized spacial score (nSPS) is 10.4. The van der Waals surface area contributed by atoms with Crippen LogP contribution in [0.25, 0.3) is 6.08 Å². The van der Waals surface area contributed by atoms with Crippen molar-refractivity contribution in [2.24, 2.45) is 0 Å². The second-order valence-electron chi connectivity index (χ2n) is 4.74. The van der Waals surface area contributed by atoms with Crippen molar-refractivity contribution in [3.63, 3.8) is 0 Å². The van der Waals surface area contributed by atoms with E-state index < -0.39 is 18.2 Å². The highest BCUT2D eigenvalue weighted by Gasteiger charge is 2.15. The number of ketones is 1. The third kappa shape index (κ3) is 10.6. The Balaban J connectivity index is 0.000000502. The van der Waals surface area contributed by atoms with Crippen LogP contribution in [0, 0.1) is 0 Å². The molecule has 0 saturated heterocycles. The van der Waals surface area contributed by atoms with Crippen molar-refractivity contribution >= 4 is 23.8 Å². The number of Topliss-reactive ketones (excluding diaryl/α,β-unsaturated/α-hetero) is 1. The molecule has 1 atom stereocenters. The Bertz CT molecular complexity index is 560. The molecule has 0 N–H and O–H groups in total. The smallest absolute Gasteiger partial charge is 0.336 e. The van der Waals surface area contributed by atoms with Crippen molar-refractivity contribution in [3.05, 3.63) is 54.6 Å². The highest BCUT2D eigenvalue weighted by atomic mass is 16.7. The molecule has 0 radical (unpaired) electrons. The van der Waals surface area contributed by atoms with Gasteiger partial charge in [0.15, 0.2) is 0 Å². The zero-order valence-corrected chi connectivity index (χ0v) is 13.7. The third-order valence-electron chi connectivity index (χ3n) is 2.35. The molecule has 5 heteroatoms. The van der Waals surface area contributed by atoms with Gasteiger partial charge in [0.05, 0.1) is 0 Å². The molecule has 0 aliphatic heterocycles. The number of esters is 2. The van der Waals surface area contributed by atoms with Crippen LogP contribution < -0.4 is 0 Å². The lowest BCUT2D eigenvalue weighted by Crippen LogP contribution is -2.22. The van der Waals surface area contributed by atoms with Crippen molar-refractivity contribution in [2.45, 2.75) is 33.5 Å². The van der Waals surface area contributed by atoms with Crippen LogP contribution in [0.3, 0.4) is 0 Å². The van der Waals surface area contributed by atoms with Gasteiger partial charge in [-0.1, -0.05) is 49.6 Å². The van der Waals surface area contributed by atoms with Crippen molar-refractivity contribution in [3.8, 4) is 0 Å². The Morgan fingerprint density at radius 2 is 1.70 bits per heavy atom. The molecule has 0 bridgehead atoms. The Labute approximate surface area is 136 Å². The van der Waals surface area contributed by atoms with Gasteiger partial charge in [0, 0.05) is 12.5 Å². The highest BCUT2D eigenvalue weighted by Crippen LogP contribution is 2.01. The molecule has 5 nitrogen and oxygen atoms in total. The summed E-state index contributed by atoms with van der Waals surface area (Å²) in [6, 6.07) is 10.0. The first-order valence-electron chi connectivity index (χ1n) is 6.99. The average Bonchev–Trinajstić information content (AvgIpc) is 2.47. The van der Waals surface area contributed by atoms with E-state index in [1.54, 1.807) is 0 Å². The van der Waals surface area contributed by atoms with Gasteiger partial charge in [-0.3, -0.25) is 9.59 Å². The van der Waals surface area contributed by atoms with Crippen LogP contribution in [0.2, 0.25) is 0 Å². The van der Waals surface area contributed by atoms with Crippen molar-refractivity contribution in [2.75, 3.05) is 0 Å². The zero-order valence-electron chi connectivity index (χ0n) is 13.7. The van der Waals surface area contributed by atoms with Crippen molar-refractivity contribution in [1.29, 1.82) is 0 Å². The molecule has 0 aliphatic carbocycles. The molecule has 0 aromatic heterocycles. The second kappa shape index (κ2) is 11.0. The number of ether oxygens (including phenoxy) is 2. The highest BCUT2D eigenvalue weighted by molar-refractivity contribution is 5.94. The third-order valence-corrected chi connectivity index (χ3v) is 2.35. The van der Waals surface area contributed by atoms with Crippen LogP contribution in [0.15, 0.2) is 49.1 Å². The number of hydrogen-bond acceptors (Lipinski definition) is 5. The SMILES string of the molecule is C=C(C)C(=O)OC(C)OC(=O)CC(C)=O.C=Cc1ccccc1. The maximum atomic E-state index is 11.0. The molecule has 0 aliphatic rings. The first kappa shape index (κ1) is 20.3. The lowest BCUT2D eigenvalue weighted by atomic mass is 10.2. The van der Waals surface area contributed by atoms with Gasteiger partial charge in [-0.15, -0.1) is 0 Å². The average molecular weight is 318 g/mol. The fraction of sp³-hybridized carbons (Fsp3) is 0.278. The first-order chi connectivity index (χ1) is 10.8. The van der Waals surface area contributed by atoms with Crippen LogP contribution in [0.5, 0.6) is 0 Å². The summed E-state index contributed by atoms with van der Waals surface area (Å²) in [5.41, 5.74) is 1.39. The quantitative estimate of drug-likeness (QED) is 0.348. The van der Waals surface area contributed by atoms with E-state index in [2.05, 4.69) is 22.6 Å². The van der Waals surface area contributed by atoms with Gasteiger partial charge in [0.25, 0.3) is 0 Å². The van der Waals surface area contributed by atoms with Crippen LogP contribution in [0.4, 0.5) is 0 Å². The molecule has 1 unspecified atom stereocenters. The number of carbonyl (C=O) groups is 3. The molecule has 0 heterocycles. The minimum absolute atomic E-state index is 0.212. The Hall–Kier alpha value is -2.69. The van der Waals surface area contributed by atoms with Crippen LogP contribution in [-0.2, 0) is 23.9 Å². The van der Waals surface area contributed by atoms with Gasteiger partial charge in [-0.2, -0.15) is 0 Å². The lowest BCUT2D eigenvalue weighted by Gasteiger charge is -2.13. The molecule has 0 saturated carbocycles. The molecule has 0 fully saturated rings. The molecular weight excluding hydrogens is 296 g/mol. The molecule has 1 aromatic rings. The molecule has 0 amide bonds. The largest absolute Gasteiger partial charge is 0.425 e. The number of carbonyl (C=O) groups excluding carboxylic acids is 3. The topological polar surface area (TPSA) is 69.7 Å². The summed E-state index contributed by atoms with van der Waals surface area (Å²) in [6.45, 7) is 11.1.